The quantitative estimate of drug-likeness (QED) is 0.531. The van der Waals surface area contributed by atoms with E-state index in [1.807, 2.05) is 12.1 Å². The normalized spacial score (nSPS) is 16.0. The van der Waals surface area contributed by atoms with Crippen LogP contribution in [0.1, 0.15) is 30.4 Å². The SMILES string of the molecule is Fc1ccc(CC2CCN(CC[CH]c3cccc4ccccc34)CC2)cc1. The smallest absolute Gasteiger partial charge is 0.123 e. The molecule has 4 rings (SSSR count). The van der Waals surface area contributed by atoms with E-state index in [0.29, 0.717) is 0 Å². The number of halogens is 1. The Balaban J connectivity index is 1.23. The summed E-state index contributed by atoms with van der Waals surface area (Å²) in [4.78, 5) is 2.59. The zero-order chi connectivity index (χ0) is 18.5. The molecule has 1 aliphatic heterocycles. The van der Waals surface area contributed by atoms with Crippen LogP contribution in [-0.4, -0.2) is 24.5 Å². The number of piperidine rings is 1. The molecule has 0 saturated carbocycles. The van der Waals surface area contributed by atoms with Gasteiger partial charge in [0.05, 0.1) is 0 Å². The topological polar surface area (TPSA) is 3.24 Å². The Hall–Kier alpha value is -2.19. The van der Waals surface area contributed by atoms with Gasteiger partial charge in [0.2, 0.25) is 0 Å². The zero-order valence-corrected chi connectivity index (χ0v) is 15.8. The van der Waals surface area contributed by atoms with Crippen LogP contribution in [0.25, 0.3) is 10.8 Å². The van der Waals surface area contributed by atoms with Crippen LogP contribution in [0.2, 0.25) is 0 Å². The van der Waals surface area contributed by atoms with E-state index in [-0.39, 0.29) is 5.82 Å². The van der Waals surface area contributed by atoms with Crippen molar-refractivity contribution in [3.05, 3.63) is 90.1 Å². The Labute approximate surface area is 161 Å². The molecule has 1 radical (unpaired) electrons. The minimum absolute atomic E-state index is 0.143. The maximum Gasteiger partial charge on any atom is 0.123 e. The molecule has 139 valence electrons. The third-order valence-electron chi connectivity index (χ3n) is 5.78. The average molecular weight is 360 g/mol. The first-order chi connectivity index (χ1) is 13.3. The monoisotopic (exact) mass is 360 g/mol. The number of fused-ring (bicyclic) bond motifs is 1. The second-order valence-corrected chi connectivity index (χ2v) is 7.68. The van der Waals surface area contributed by atoms with E-state index in [1.165, 1.54) is 47.8 Å². The van der Waals surface area contributed by atoms with E-state index in [4.69, 9.17) is 0 Å². The maximum absolute atomic E-state index is 13.0. The summed E-state index contributed by atoms with van der Waals surface area (Å²) in [6.07, 6.45) is 7.04. The Morgan fingerprint density at radius 1 is 0.889 bits per heavy atom. The summed E-state index contributed by atoms with van der Waals surface area (Å²) in [6.45, 7) is 3.48. The molecule has 3 aromatic carbocycles. The van der Waals surface area contributed by atoms with E-state index >= 15 is 0 Å². The van der Waals surface area contributed by atoms with Crippen molar-refractivity contribution < 1.29 is 4.39 Å². The molecule has 0 amide bonds. The van der Waals surface area contributed by atoms with Crippen molar-refractivity contribution in [2.45, 2.75) is 25.7 Å². The highest BCUT2D eigenvalue weighted by Crippen LogP contribution is 2.24. The second-order valence-electron chi connectivity index (χ2n) is 7.68. The fourth-order valence-electron chi connectivity index (χ4n) is 4.20. The second kappa shape index (κ2) is 8.67. The molecular weight excluding hydrogens is 333 g/mol. The maximum atomic E-state index is 13.0. The zero-order valence-electron chi connectivity index (χ0n) is 15.8. The molecule has 2 heteroatoms. The molecule has 1 heterocycles. The van der Waals surface area contributed by atoms with Crippen molar-refractivity contribution in [1.82, 2.24) is 4.90 Å². The first-order valence-electron chi connectivity index (χ1n) is 10.1. The number of likely N-dealkylation sites (tertiary alicyclic amines) is 1. The van der Waals surface area contributed by atoms with Crippen molar-refractivity contribution in [3.63, 3.8) is 0 Å². The predicted octanol–water partition coefficient (Wildman–Crippen LogP) is 5.88. The fraction of sp³-hybridized carbons (Fsp3) is 0.320. The standard InChI is InChI=1S/C25H27FN/c26-24-12-10-20(11-13-24)19-21-14-17-27(18-15-21)16-4-8-23-7-3-6-22-5-1-2-9-25(22)23/h1-3,5-13,21H,4,14-19H2. The van der Waals surface area contributed by atoms with Crippen LogP contribution >= 0.6 is 0 Å². The number of benzene rings is 3. The minimum Gasteiger partial charge on any atom is -0.303 e. The Morgan fingerprint density at radius 3 is 2.44 bits per heavy atom. The van der Waals surface area contributed by atoms with Crippen LogP contribution in [0.3, 0.4) is 0 Å². The summed E-state index contributed by atoms with van der Waals surface area (Å²) >= 11 is 0. The van der Waals surface area contributed by atoms with Crippen LogP contribution in [0.15, 0.2) is 66.7 Å². The molecule has 0 spiro atoms. The van der Waals surface area contributed by atoms with Gasteiger partial charge in [-0.25, -0.2) is 4.39 Å². The first-order valence-corrected chi connectivity index (χ1v) is 10.1. The van der Waals surface area contributed by atoms with E-state index in [1.54, 1.807) is 12.1 Å². The summed E-state index contributed by atoms with van der Waals surface area (Å²) in [5.74, 6) is 0.588. The van der Waals surface area contributed by atoms with Gasteiger partial charge in [0, 0.05) is 0 Å². The summed E-state index contributed by atoms with van der Waals surface area (Å²) < 4.78 is 13.0. The molecule has 1 aliphatic rings. The van der Waals surface area contributed by atoms with E-state index in [2.05, 4.69) is 53.8 Å². The van der Waals surface area contributed by atoms with Gasteiger partial charge in [-0.2, -0.15) is 0 Å². The molecule has 1 fully saturated rings. The Bertz CT molecular complexity index is 858. The van der Waals surface area contributed by atoms with E-state index < -0.39 is 0 Å². The Kier molecular flexibility index (Phi) is 5.84. The van der Waals surface area contributed by atoms with Crippen molar-refractivity contribution in [3.8, 4) is 0 Å². The average Bonchev–Trinajstić information content (AvgIpc) is 2.71. The predicted molar refractivity (Wildman–Crippen MR) is 111 cm³/mol. The van der Waals surface area contributed by atoms with Gasteiger partial charge in [0.25, 0.3) is 0 Å². The van der Waals surface area contributed by atoms with Crippen LogP contribution in [0, 0.1) is 18.2 Å². The van der Waals surface area contributed by atoms with Crippen LogP contribution < -0.4 is 0 Å². The number of hydrogen-bond donors (Lipinski definition) is 0. The summed E-state index contributed by atoms with van der Waals surface area (Å²) in [5.41, 5.74) is 2.61. The third kappa shape index (κ3) is 4.75. The lowest BCUT2D eigenvalue weighted by Crippen LogP contribution is -2.35. The van der Waals surface area contributed by atoms with Crippen LogP contribution in [-0.2, 0) is 6.42 Å². The number of nitrogens with zero attached hydrogens (tertiary/aromatic N) is 1. The fourth-order valence-corrected chi connectivity index (χ4v) is 4.20. The van der Waals surface area contributed by atoms with Crippen molar-refractivity contribution in [2.24, 2.45) is 5.92 Å². The highest BCUT2D eigenvalue weighted by molar-refractivity contribution is 5.86. The highest BCUT2D eigenvalue weighted by atomic mass is 19.1. The first kappa shape index (κ1) is 18.2. The molecular formula is C25H27FN. The minimum atomic E-state index is -0.143. The van der Waals surface area contributed by atoms with Crippen LogP contribution in [0.4, 0.5) is 4.39 Å². The number of hydrogen-bond acceptors (Lipinski definition) is 1. The largest absolute Gasteiger partial charge is 0.303 e. The number of rotatable bonds is 6. The van der Waals surface area contributed by atoms with Gasteiger partial charge in [-0.1, -0.05) is 54.6 Å². The molecule has 27 heavy (non-hydrogen) atoms. The van der Waals surface area contributed by atoms with Crippen LogP contribution in [0.5, 0.6) is 0 Å². The van der Waals surface area contributed by atoms with Gasteiger partial charge < -0.3 is 4.90 Å². The van der Waals surface area contributed by atoms with Crippen molar-refractivity contribution >= 4 is 10.8 Å². The molecule has 0 aromatic heterocycles. The third-order valence-corrected chi connectivity index (χ3v) is 5.78. The molecule has 0 unspecified atom stereocenters. The van der Waals surface area contributed by atoms with Gasteiger partial charge in [-0.05, 0) is 91.7 Å². The molecule has 0 N–H and O–H groups in total. The van der Waals surface area contributed by atoms with Gasteiger partial charge in [-0.3, -0.25) is 0 Å². The van der Waals surface area contributed by atoms with Gasteiger partial charge >= 0.3 is 0 Å². The molecule has 0 aliphatic carbocycles. The lowest BCUT2D eigenvalue weighted by Gasteiger charge is -2.32. The Morgan fingerprint density at radius 2 is 1.63 bits per heavy atom. The van der Waals surface area contributed by atoms with E-state index in [0.717, 1.165) is 25.3 Å². The molecule has 1 nitrogen and oxygen atoms in total. The van der Waals surface area contributed by atoms with Gasteiger partial charge in [0.15, 0.2) is 0 Å². The highest BCUT2D eigenvalue weighted by Gasteiger charge is 2.19. The van der Waals surface area contributed by atoms with Crippen molar-refractivity contribution in [2.75, 3.05) is 19.6 Å². The molecule has 0 atom stereocenters. The van der Waals surface area contributed by atoms with Gasteiger partial charge in [-0.15, -0.1) is 0 Å². The van der Waals surface area contributed by atoms with Gasteiger partial charge in [0.1, 0.15) is 5.82 Å². The van der Waals surface area contributed by atoms with Crippen molar-refractivity contribution in [1.29, 1.82) is 0 Å². The molecule has 3 aromatic rings. The summed E-state index contributed by atoms with van der Waals surface area (Å²) in [5, 5.41) is 2.66. The lowest BCUT2D eigenvalue weighted by molar-refractivity contribution is 0.186. The molecule has 1 saturated heterocycles. The summed E-state index contributed by atoms with van der Waals surface area (Å²) in [6, 6.07) is 22.2. The summed E-state index contributed by atoms with van der Waals surface area (Å²) in [7, 11) is 0. The lowest BCUT2D eigenvalue weighted by atomic mass is 9.90. The van der Waals surface area contributed by atoms with E-state index in [9.17, 15) is 4.39 Å². The molecule has 0 bridgehead atoms.